The topological polar surface area (TPSA) is 87.9 Å². The molecule has 3 rings (SSSR count). The number of hydrogen-bond acceptors (Lipinski definition) is 4. The van der Waals surface area contributed by atoms with E-state index in [4.69, 9.17) is 9.15 Å². The maximum Gasteiger partial charge on any atom is 0.216 e. The highest BCUT2D eigenvalue weighted by Gasteiger charge is 2.21. The van der Waals surface area contributed by atoms with Gasteiger partial charge in [0.05, 0.1) is 18.9 Å². The van der Waals surface area contributed by atoms with Gasteiger partial charge in [-0.2, -0.15) is 0 Å². The summed E-state index contributed by atoms with van der Waals surface area (Å²) in [6.45, 7) is 4.17. The van der Waals surface area contributed by atoms with Gasteiger partial charge in [0, 0.05) is 45.0 Å². The number of hydrogen-bond donors (Lipinski definition) is 3. The number of benzene rings is 1. The number of amides is 1. The van der Waals surface area contributed by atoms with Crippen molar-refractivity contribution in [2.75, 3.05) is 26.2 Å². The molecule has 2 aromatic rings. The minimum Gasteiger partial charge on any atom is -0.493 e. The second kappa shape index (κ2) is 10.4. The molecule has 28 heavy (non-hydrogen) atoms. The van der Waals surface area contributed by atoms with Crippen molar-refractivity contribution in [3.63, 3.8) is 0 Å². The summed E-state index contributed by atoms with van der Waals surface area (Å²) >= 11 is 0. The summed E-state index contributed by atoms with van der Waals surface area (Å²) in [4.78, 5) is 15.7. The second-order valence-corrected chi connectivity index (χ2v) is 6.69. The Morgan fingerprint density at radius 3 is 2.89 bits per heavy atom. The highest BCUT2D eigenvalue weighted by Crippen LogP contribution is 2.31. The summed E-state index contributed by atoms with van der Waals surface area (Å²) in [6.07, 6.45) is 4.13. The van der Waals surface area contributed by atoms with Crippen molar-refractivity contribution >= 4 is 11.9 Å². The Labute approximate surface area is 165 Å². The lowest BCUT2D eigenvalue weighted by atomic mass is 10.0. The molecule has 1 atom stereocenters. The molecule has 1 amide bonds. The first-order valence-electron chi connectivity index (χ1n) is 9.76. The SMILES string of the molecule is CC(=O)NCCCN=C(NCCc1ccco1)NC1CCOc2ccccc21. The van der Waals surface area contributed by atoms with Crippen LogP contribution in [0.5, 0.6) is 5.75 Å². The van der Waals surface area contributed by atoms with E-state index in [-0.39, 0.29) is 11.9 Å². The predicted molar refractivity (Wildman–Crippen MR) is 108 cm³/mol. The molecule has 1 aliphatic heterocycles. The van der Waals surface area contributed by atoms with Crippen LogP contribution < -0.4 is 20.7 Å². The molecule has 0 radical (unpaired) electrons. The van der Waals surface area contributed by atoms with Gasteiger partial charge in [-0.1, -0.05) is 18.2 Å². The molecule has 7 nitrogen and oxygen atoms in total. The summed E-state index contributed by atoms with van der Waals surface area (Å²) in [5.74, 6) is 2.61. The number of para-hydroxylation sites is 1. The van der Waals surface area contributed by atoms with Crippen LogP contribution >= 0.6 is 0 Å². The maximum atomic E-state index is 11.0. The van der Waals surface area contributed by atoms with Gasteiger partial charge < -0.3 is 25.1 Å². The third kappa shape index (κ3) is 6.04. The molecule has 2 heterocycles. The van der Waals surface area contributed by atoms with Crippen LogP contribution in [0.4, 0.5) is 0 Å². The van der Waals surface area contributed by atoms with E-state index in [9.17, 15) is 4.79 Å². The van der Waals surface area contributed by atoms with Gasteiger partial charge in [0.2, 0.25) is 5.91 Å². The zero-order valence-corrected chi connectivity index (χ0v) is 16.2. The predicted octanol–water partition coefficient (Wildman–Crippen LogP) is 2.41. The molecule has 7 heteroatoms. The number of ether oxygens (including phenoxy) is 1. The fourth-order valence-corrected chi connectivity index (χ4v) is 3.10. The van der Waals surface area contributed by atoms with Crippen molar-refractivity contribution < 1.29 is 13.9 Å². The molecular weight excluding hydrogens is 356 g/mol. The number of carbonyl (C=O) groups is 1. The average molecular weight is 384 g/mol. The lowest BCUT2D eigenvalue weighted by Gasteiger charge is -2.28. The van der Waals surface area contributed by atoms with E-state index in [1.165, 1.54) is 6.92 Å². The largest absolute Gasteiger partial charge is 0.493 e. The van der Waals surface area contributed by atoms with Gasteiger partial charge in [-0.15, -0.1) is 0 Å². The smallest absolute Gasteiger partial charge is 0.216 e. The standard InChI is InChI=1S/C21H28N4O3/c1-16(26)22-11-5-12-23-21(24-13-9-17-6-4-14-27-17)25-19-10-15-28-20-8-3-2-7-18(19)20/h2-4,6-8,14,19H,5,9-13,15H2,1H3,(H,22,26)(H2,23,24,25). The summed E-state index contributed by atoms with van der Waals surface area (Å²) in [7, 11) is 0. The van der Waals surface area contributed by atoms with E-state index in [1.54, 1.807) is 6.26 Å². The zero-order chi connectivity index (χ0) is 19.6. The monoisotopic (exact) mass is 384 g/mol. The van der Waals surface area contributed by atoms with Gasteiger partial charge in [-0.05, 0) is 24.6 Å². The number of nitrogens with zero attached hydrogens (tertiary/aromatic N) is 1. The fourth-order valence-electron chi connectivity index (χ4n) is 3.10. The van der Waals surface area contributed by atoms with E-state index in [2.05, 4.69) is 27.0 Å². The van der Waals surface area contributed by atoms with Crippen LogP contribution in [0.15, 0.2) is 52.1 Å². The Hall–Kier alpha value is -2.96. The summed E-state index contributed by atoms with van der Waals surface area (Å²) < 4.78 is 11.1. The van der Waals surface area contributed by atoms with Crippen molar-refractivity contribution in [1.82, 2.24) is 16.0 Å². The number of carbonyl (C=O) groups excluding carboxylic acids is 1. The van der Waals surface area contributed by atoms with Gasteiger partial charge in [-0.3, -0.25) is 9.79 Å². The van der Waals surface area contributed by atoms with Crippen LogP contribution in [-0.2, 0) is 11.2 Å². The molecule has 150 valence electrons. The molecule has 0 saturated carbocycles. The summed E-state index contributed by atoms with van der Waals surface area (Å²) in [5.41, 5.74) is 1.15. The Morgan fingerprint density at radius 2 is 2.07 bits per heavy atom. The quantitative estimate of drug-likeness (QED) is 0.370. The fraction of sp³-hybridized carbons (Fsp3) is 0.429. The van der Waals surface area contributed by atoms with Crippen molar-refractivity contribution in [1.29, 1.82) is 0 Å². The van der Waals surface area contributed by atoms with E-state index < -0.39 is 0 Å². The molecule has 1 aliphatic rings. The number of nitrogens with one attached hydrogen (secondary N) is 3. The summed E-state index contributed by atoms with van der Waals surface area (Å²) in [5, 5.41) is 9.72. The van der Waals surface area contributed by atoms with Gasteiger partial charge in [0.25, 0.3) is 0 Å². The minimum atomic E-state index is -0.0160. The van der Waals surface area contributed by atoms with Gasteiger partial charge in [-0.25, -0.2) is 0 Å². The van der Waals surface area contributed by atoms with Crippen LogP contribution in [0.1, 0.15) is 37.1 Å². The Bertz CT molecular complexity index is 774. The van der Waals surface area contributed by atoms with Gasteiger partial charge in [0.15, 0.2) is 5.96 Å². The van der Waals surface area contributed by atoms with E-state index in [0.29, 0.717) is 19.7 Å². The molecular formula is C21H28N4O3. The van der Waals surface area contributed by atoms with Crippen molar-refractivity contribution in [2.24, 2.45) is 4.99 Å². The first-order valence-corrected chi connectivity index (χ1v) is 9.76. The third-order valence-electron chi connectivity index (χ3n) is 4.49. The molecule has 0 saturated heterocycles. The molecule has 0 spiro atoms. The van der Waals surface area contributed by atoms with Crippen molar-refractivity contribution in [2.45, 2.75) is 32.2 Å². The maximum absolute atomic E-state index is 11.0. The molecule has 1 aromatic carbocycles. The third-order valence-corrected chi connectivity index (χ3v) is 4.49. The van der Waals surface area contributed by atoms with E-state index >= 15 is 0 Å². The first kappa shape index (κ1) is 19.8. The van der Waals surface area contributed by atoms with Gasteiger partial charge >= 0.3 is 0 Å². The van der Waals surface area contributed by atoms with Crippen LogP contribution in [-0.4, -0.2) is 38.1 Å². The highest BCUT2D eigenvalue weighted by atomic mass is 16.5. The Kier molecular flexibility index (Phi) is 7.35. The Morgan fingerprint density at radius 1 is 1.18 bits per heavy atom. The molecule has 0 fully saturated rings. The summed E-state index contributed by atoms with van der Waals surface area (Å²) in [6, 6.07) is 12.1. The minimum absolute atomic E-state index is 0.0160. The second-order valence-electron chi connectivity index (χ2n) is 6.69. The van der Waals surface area contributed by atoms with E-state index in [0.717, 1.165) is 48.8 Å². The number of guanidine groups is 1. The van der Waals surface area contributed by atoms with Crippen molar-refractivity contribution in [3.05, 3.63) is 54.0 Å². The number of rotatable bonds is 8. The van der Waals surface area contributed by atoms with Gasteiger partial charge in [0.1, 0.15) is 11.5 Å². The average Bonchev–Trinajstić information content (AvgIpc) is 3.21. The molecule has 1 aromatic heterocycles. The molecule has 0 bridgehead atoms. The first-order chi connectivity index (χ1) is 13.7. The van der Waals surface area contributed by atoms with Crippen LogP contribution in [0.3, 0.4) is 0 Å². The van der Waals surface area contributed by atoms with E-state index in [1.807, 2.05) is 30.3 Å². The number of aliphatic imine (C=N–C) groups is 1. The molecule has 0 aliphatic carbocycles. The number of furan rings is 1. The van der Waals surface area contributed by atoms with Crippen molar-refractivity contribution in [3.8, 4) is 5.75 Å². The molecule has 1 unspecified atom stereocenters. The van der Waals surface area contributed by atoms with Crippen LogP contribution in [0.2, 0.25) is 0 Å². The molecule has 3 N–H and O–H groups in total. The lowest BCUT2D eigenvalue weighted by molar-refractivity contribution is -0.118. The Balaban J connectivity index is 1.59. The normalized spacial score (nSPS) is 16.0. The van der Waals surface area contributed by atoms with Crippen LogP contribution in [0, 0.1) is 0 Å². The number of fused-ring (bicyclic) bond motifs is 1. The van der Waals surface area contributed by atoms with Crippen LogP contribution in [0.25, 0.3) is 0 Å². The highest BCUT2D eigenvalue weighted by molar-refractivity contribution is 5.80. The lowest BCUT2D eigenvalue weighted by Crippen LogP contribution is -2.42. The zero-order valence-electron chi connectivity index (χ0n) is 16.2.